The molecule has 11 nitrogen and oxygen atoms in total. The minimum Gasteiger partial charge on any atom is -0.380 e. The third-order valence-electron chi connectivity index (χ3n) is 5.61. The molecule has 11 heteroatoms. The fourth-order valence-corrected chi connectivity index (χ4v) is 3.95. The van der Waals surface area contributed by atoms with E-state index < -0.39 is 16.4 Å². The van der Waals surface area contributed by atoms with Gasteiger partial charge in [-0.05, 0) is 38.3 Å². The Morgan fingerprint density at radius 3 is 2.71 bits per heavy atom. The van der Waals surface area contributed by atoms with Crippen LogP contribution in [0.25, 0.3) is 0 Å². The number of carbonyl (C=O) groups is 1. The van der Waals surface area contributed by atoms with E-state index in [0.29, 0.717) is 16.8 Å². The molecule has 1 aromatic heterocycles. The van der Waals surface area contributed by atoms with Gasteiger partial charge in [0.1, 0.15) is 18.2 Å². The van der Waals surface area contributed by atoms with Crippen molar-refractivity contribution >= 4 is 23.5 Å². The molecular weight excluding hydrogens is 440 g/mol. The predicted octanol–water partition coefficient (Wildman–Crippen LogP) is 2.22. The summed E-state index contributed by atoms with van der Waals surface area (Å²) in [5, 5.41) is 24.5. The number of hydrogen-bond acceptors (Lipinski definition) is 8. The van der Waals surface area contributed by atoms with Crippen LogP contribution in [0, 0.1) is 28.4 Å². The van der Waals surface area contributed by atoms with E-state index >= 15 is 0 Å². The molecule has 1 aliphatic heterocycles. The number of hydrazone groups is 1. The third-order valence-corrected chi connectivity index (χ3v) is 5.61. The molecule has 1 amide bonds. The Kier molecular flexibility index (Phi) is 8.10. The van der Waals surface area contributed by atoms with Crippen LogP contribution in [0.15, 0.2) is 34.2 Å². The molecule has 0 bridgehead atoms. The van der Waals surface area contributed by atoms with E-state index in [2.05, 4.69) is 15.4 Å². The normalized spacial score (nSPS) is 13.6. The molecule has 0 unspecified atom stereocenters. The third kappa shape index (κ3) is 5.65. The molecule has 3 rings (SSSR count). The van der Waals surface area contributed by atoms with Crippen LogP contribution in [-0.4, -0.2) is 41.8 Å². The molecule has 34 heavy (non-hydrogen) atoms. The largest absolute Gasteiger partial charge is 0.380 e. The predicted molar refractivity (Wildman–Crippen MR) is 126 cm³/mol. The minimum atomic E-state index is -0.584. The van der Waals surface area contributed by atoms with E-state index in [0.717, 1.165) is 38.0 Å². The Bertz CT molecular complexity index is 1210. The second kappa shape index (κ2) is 11.2. The van der Waals surface area contributed by atoms with Gasteiger partial charge in [-0.3, -0.25) is 19.7 Å². The molecule has 1 fully saturated rings. The first-order valence-electron chi connectivity index (χ1n) is 10.8. The minimum absolute atomic E-state index is 0.0732. The summed E-state index contributed by atoms with van der Waals surface area (Å²) in [7, 11) is 1.46. The number of methoxy groups -OCH3 is 1. The van der Waals surface area contributed by atoms with Crippen molar-refractivity contribution in [2.45, 2.75) is 39.3 Å². The highest BCUT2D eigenvalue weighted by molar-refractivity contribution is 5.90. The summed E-state index contributed by atoms with van der Waals surface area (Å²) >= 11 is 0. The first-order chi connectivity index (χ1) is 16.3. The van der Waals surface area contributed by atoms with Gasteiger partial charge < -0.3 is 14.2 Å². The fourth-order valence-electron chi connectivity index (χ4n) is 3.95. The van der Waals surface area contributed by atoms with E-state index in [1.165, 1.54) is 30.0 Å². The monoisotopic (exact) mass is 466 g/mol. The number of aromatic nitrogens is 1. The quantitative estimate of drug-likeness (QED) is 0.357. The molecule has 1 aromatic carbocycles. The zero-order valence-electron chi connectivity index (χ0n) is 19.1. The number of amides is 1. The van der Waals surface area contributed by atoms with Crippen molar-refractivity contribution in [1.29, 1.82) is 5.26 Å². The average Bonchev–Trinajstić information content (AvgIpc) is 2.82. The van der Waals surface area contributed by atoms with Gasteiger partial charge in [-0.25, -0.2) is 5.43 Å². The van der Waals surface area contributed by atoms with E-state index in [9.17, 15) is 25.0 Å². The summed E-state index contributed by atoms with van der Waals surface area (Å²) in [5.41, 5.74) is 3.91. The lowest BCUT2D eigenvalue weighted by atomic mass is 10.1. The maximum absolute atomic E-state index is 12.7. The standard InChI is InChI=1S/C23H26N6O5/c1-16-10-18(15-34-2)20(12-24)23(31)28(16)14-22(30)26-25-13-17-11-19(29(32)33)6-7-21(17)27-8-4-3-5-9-27/h6-7,10-11,13H,3-5,8-9,14-15H2,1-2H3,(H,26,30)/b25-13-. The van der Waals surface area contributed by atoms with Gasteiger partial charge in [0.2, 0.25) is 0 Å². The van der Waals surface area contributed by atoms with Crippen LogP contribution in [0.4, 0.5) is 11.4 Å². The number of nitriles is 1. The number of aryl methyl sites for hydroxylation is 1. The van der Waals surface area contributed by atoms with Crippen LogP contribution in [0.1, 0.15) is 41.6 Å². The van der Waals surface area contributed by atoms with Gasteiger partial charge in [0.05, 0.1) is 17.7 Å². The van der Waals surface area contributed by atoms with Crippen molar-refractivity contribution in [3.63, 3.8) is 0 Å². The first-order valence-corrected chi connectivity index (χ1v) is 10.8. The fraction of sp³-hybridized carbons (Fsp3) is 0.391. The number of benzene rings is 1. The molecule has 0 radical (unpaired) electrons. The van der Waals surface area contributed by atoms with E-state index in [4.69, 9.17) is 4.74 Å². The molecule has 0 aliphatic carbocycles. The number of piperidine rings is 1. The summed E-state index contributed by atoms with van der Waals surface area (Å²) in [5.74, 6) is -0.574. The zero-order chi connectivity index (χ0) is 24.7. The van der Waals surface area contributed by atoms with Crippen LogP contribution < -0.4 is 15.9 Å². The molecule has 2 heterocycles. The van der Waals surface area contributed by atoms with Crippen LogP contribution >= 0.6 is 0 Å². The summed E-state index contributed by atoms with van der Waals surface area (Å²) in [6, 6.07) is 8.07. The van der Waals surface area contributed by atoms with Crippen molar-refractivity contribution in [3.05, 3.63) is 67.1 Å². The SMILES string of the molecule is COCc1cc(C)n(CC(=O)N/N=C\c2cc([N+](=O)[O-])ccc2N2CCCCC2)c(=O)c1C#N. The number of rotatable bonds is 8. The number of hydrogen-bond donors (Lipinski definition) is 1. The lowest BCUT2D eigenvalue weighted by molar-refractivity contribution is -0.384. The van der Waals surface area contributed by atoms with Crippen LogP contribution in [-0.2, 0) is 22.7 Å². The van der Waals surface area contributed by atoms with E-state index in [1.807, 2.05) is 6.07 Å². The lowest BCUT2D eigenvalue weighted by Gasteiger charge is -2.29. The van der Waals surface area contributed by atoms with Gasteiger partial charge in [0.15, 0.2) is 0 Å². The molecule has 2 aromatic rings. The molecule has 1 aliphatic rings. The number of carbonyl (C=O) groups excluding carboxylic acids is 1. The van der Waals surface area contributed by atoms with Crippen molar-refractivity contribution in [1.82, 2.24) is 9.99 Å². The Labute approximate surface area is 196 Å². The average molecular weight is 466 g/mol. The first kappa shape index (κ1) is 24.6. The highest BCUT2D eigenvalue weighted by atomic mass is 16.6. The highest BCUT2D eigenvalue weighted by Gasteiger charge is 2.18. The Hall–Kier alpha value is -4.04. The Balaban J connectivity index is 1.79. The number of nitro benzene ring substituents is 1. The molecule has 178 valence electrons. The topological polar surface area (TPSA) is 143 Å². The van der Waals surface area contributed by atoms with Crippen LogP contribution in [0.3, 0.4) is 0 Å². The molecule has 0 spiro atoms. The number of non-ortho nitro benzene ring substituents is 1. The molecule has 0 saturated carbocycles. The van der Waals surface area contributed by atoms with Crippen LogP contribution in [0.5, 0.6) is 0 Å². The van der Waals surface area contributed by atoms with Gasteiger partial charge in [-0.2, -0.15) is 10.4 Å². The maximum atomic E-state index is 12.7. The number of nitrogens with zero attached hydrogens (tertiary/aromatic N) is 5. The van der Waals surface area contributed by atoms with Crippen molar-refractivity contribution in [2.75, 3.05) is 25.1 Å². The number of anilines is 1. The number of pyridine rings is 1. The van der Waals surface area contributed by atoms with E-state index in [1.54, 1.807) is 19.1 Å². The lowest BCUT2D eigenvalue weighted by Crippen LogP contribution is -2.33. The van der Waals surface area contributed by atoms with Gasteiger partial charge in [0.25, 0.3) is 17.2 Å². The molecule has 1 saturated heterocycles. The zero-order valence-corrected chi connectivity index (χ0v) is 19.1. The highest BCUT2D eigenvalue weighted by Crippen LogP contribution is 2.26. The van der Waals surface area contributed by atoms with Gasteiger partial charge in [-0.1, -0.05) is 0 Å². The van der Waals surface area contributed by atoms with Crippen molar-refractivity contribution in [3.8, 4) is 6.07 Å². The summed E-state index contributed by atoms with van der Waals surface area (Å²) < 4.78 is 6.22. The number of nitro groups is 1. The Morgan fingerprint density at radius 2 is 2.06 bits per heavy atom. The molecule has 0 atom stereocenters. The van der Waals surface area contributed by atoms with Gasteiger partial charge in [0, 0.05) is 54.8 Å². The second-order valence-corrected chi connectivity index (χ2v) is 7.96. The Morgan fingerprint density at radius 1 is 1.32 bits per heavy atom. The molecule has 1 N–H and O–H groups in total. The summed E-state index contributed by atoms with van der Waals surface area (Å²) in [4.78, 5) is 38.0. The number of ether oxygens (including phenoxy) is 1. The summed E-state index contributed by atoms with van der Waals surface area (Å²) in [6.07, 6.45) is 4.58. The van der Waals surface area contributed by atoms with Crippen molar-refractivity contribution in [2.24, 2.45) is 5.10 Å². The van der Waals surface area contributed by atoms with Crippen LogP contribution in [0.2, 0.25) is 0 Å². The summed E-state index contributed by atoms with van der Waals surface area (Å²) in [6.45, 7) is 3.12. The van der Waals surface area contributed by atoms with Gasteiger partial charge >= 0.3 is 0 Å². The van der Waals surface area contributed by atoms with Gasteiger partial charge in [-0.15, -0.1) is 0 Å². The van der Waals surface area contributed by atoms with Crippen molar-refractivity contribution < 1.29 is 14.5 Å². The smallest absolute Gasteiger partial charge is 0.270 e. The molecular formula is C23H26N6O5. The number of nitrogens with one attached hydrogen (secondary N) is 1. The second-order valence-electron chi connectivity index (χ2n) is 7.96. The maximum Gasteiger partial charge on any atom is 0.270 e. The van der Waals surface area contributed by atoms with E-state index in [-0.39, 0.29) is 24.4 Å².